The van der Waals surface area contributed by atoms with E-state index >= 15 is 0 Å². The van der Waals surface area contributed by atoms with Crippen LogP contribution in [0.1, 0.15) is 29.3 Å². The average molecular weight is 284 g/mol. The molecule has 0 unspecified atom stereocenters. The Morgan fingerprint density at radius 2 is 1.62 bits per heavy atom. The number of benzene rings is 2. The van der Waals surface area contributed by atoms with E-state index in [1.165, 1.54) is 5.56 Å². The molecular formula is C18H20O3. The van der Waals surface area contributed by atoms with E-state index in [1.807, 2.05) is 43.3 Å². The zero-order valence-corrected chi connectivity index (χ0v) is 12.5. The van der Waals surface area contributed by atoms with Gasteiger partial charge in [-0.2, -0.15) is 0 Å². The lowest BCUT2D eigenvalue weighted by Gasteiger charge is -2.09. The number of hydrogen-bond acceptors (Lipinski definition) is 3. The molecule has 0 aliphatic heterocycles. The summed E-state index contributed by atoms with van der Waals surface area (Å²) in [5, 5.41) is 0. The number of carbonyl (C=O) groups excluding carboxylic acids is 1. The Balaban J connectivity index is 1.71. The first-order chi connectivity index (χ1) is 10.1. The molecule has 0 aromatic heterocycles. The van der Waals surface area contributed by atoms with E-state index in [4.69, 9.17) is 9.47 Å². The molecule has 21 heavy (non-hydrogen) atoms. The fourth-order valence-corrected chi connectivity index (χ4v) is 1.88. The van der Waals surface area contributed by atoms with Crippen LogP contribution in [0, 0.1) is 6.92 Å². The average Bonchev–Trinajstić information content (AvgIpc) is 2.49. The summed E-state index contributed by atoms with van der Waals surface area (Å²) in [5.41, 5.74) is 1.89. The van der Waals surface area contributed by atoms with Crippen molar-refractivity contribution in [3.63, 3.8) is 0 Å². The third kappa shape index (κ3) is 4.95. The molecule has 3 nitrogen and oxygen atoms in total. The van der Waals surface area contributed by atoms with E-state index in [9.17, 15) is 4.79 Å². The van der Waals surface area contributed by atoms with Gasteiger partial charge in [-0.05, 0) is 38.1 Å². The molecular weight excluding hydrogens is 264 g/mol. The van der Waals surface area contributed by atoms with Crippen molar-refractivity contribution < 1.29 is 14.3 Å². The Morgan fingerprint density at radius 1 is 0.952 bits per heavy atom. The van der Waals surface area contributed by atoms with E-state index in [0.29, 0.717) is 18.8 Å². The van der Waals surface area contributed by atoms with Crippen LogP contribution in [0.5, 0.6) is 11.5 Å². The summed E-state index contributed by atoms with van der Waals surface area (Å²) in [6, 6.07) is 15.2. The van der Waals surface area contributed by atoms with Crippen molar-refractivity contribution in [1.29, 1.82) is 0 Å². The second-order valence-corrected chi connectivity index (χ2v) is 4.95. The van der Waals surface area contributed by atoms with Gasteiger partial charge in [0.1, 0.15) is 11.5 Å². The van der Waals surface area contributed by atoms with Crippen molar-refractivity contribution in [2.75, 3.05) is 13.2 Å². The normalized spacial score (nSPS) is 10.2. The SMILES string of the molecule is CC(=O)c1cccc(OCCCOc2ccc(C)cc2)c1. The number of ketones is 1. The summed E-state index contributed by atoms with van der Waals surface area (Å²) >= 11 is 0. The lowest BCUT2D eigenvalue weighted by Crippen LogP contribution is -2.05. The van der Waals surface area contributed by atoms with Gasteiger partial charge in [0.05, 0.1) is 13.2 Å². The molecule has 0 amide bonds. The quantitative estimate of drug-likeness (QED) is 0.568. The van der Waals surface area contributed by atoms with Crippen LogP contribution >= 0.6 is 0 Å². The Hall–Kier alpha value is -2.29. The molecule has 0 aliphatic rings. The van der Waals surface area contributed by atoms with Crippen molar-refractivity contribution in [1.82, 2.24) is 0 Å². The minimum absolute atomic E-state index is 0.0446. The van der Waals surface area contributed by atoms with Gasteiger partial charge in [0.25, 0.3) is 0 Å². The van der Waals surface area contributed by atoms with E-state index in [0.717, 1.165) is 17.9 Å². The molecule has 0 N–H and O–H groups in total. The lowest BCUT2D eigenvalue weighted by atomic mass is 10.1. The molecule has 0 saturated heterocycles. The van der Waals surface area contributed by atoms with E-state index in [2.05, 4.69) is 0 Å². The molecule has 0 radical (unpaired) electrons. The molecule has 0 bridgehead atoms. The van der Waals surface area contributed by atoms with Crippen LogP contribution in [-0.2, 0) is 0 Å². The Morgan fingerprint density at radius 3 is 2.29 bits per heavy atom. The van der Waals surface area contributed by atoms with Crippen molar-refractivity contribution in [3.05, 3.63) is 59.7 Å². The number of aryl methyl sites for hydroxylation is 1. The van der Waals surface area contributed by atoms with Crippen LogP contribution in [0.25, 0.3) is 0 Å². The zero-order valence-electron chi connectivity index (χ0n) is 12.5. The maximum absolute atomic E-state index is 11.3. The topological polar surface area (TPSA) is 35.5 Å². The van der Waals surface area contributed by atoms with Crippen LogP contribution in [0.3, 0.4) is 0 Å². The third-order valence-corrected chi connectivity index (χ3v) is 3.09. The summed E-state index contributed by atoms with van der Waals surface area (Å²) in [6.07, 6.45) is 0.790. The van der Waals surface area contributed by atoms with Crippen LogP contribution in [0.4, 0.5) is 0 Å². The van der Waals surface area contributed by atoms with Gasteiger partial charge in [-0.3, -0.25) is 4.79 Å². The number of rotatable bonds is 7. The maximum Gasteiger partial charge on any atom is 0.159 e. The van der Waals surface area contributed by atoms with Gasteiger partial charge in [-0.1, -0.05) is 29.8 Å². The monoisotopic (exact) mass is 284 g/mol. The van der Waals surface area contributed by atoms with Crippen molar-refractivity contribution in [2.45, 2.75) is 20.3 Å². The summed E-state index contributed by atoms with van der Waals surface area (Å²) < 4.78 is 11.2. The highest BCUT2D eigenvalue weighted by molar-refractivity contribution is 5.94. The van der Waals surface area contributed by atoms with E-state index in [1.54, 1.807) is 19.1 Å². The molecule has 2 aromatic carbocycles. The summed E-state index contributed by atoms with van der Waals surface area (Å²) in [7, 11) is 0. The Bertz CT molecular complexity index is 588. The van der Waals surface area contributed by atoms with Gasteiger partial charge in [-0.15, -0.1) is 0 Å². The molecule has 2 rings (SSSR count). The number of carbonyl (C=O) groups is 1. The van der Waals surface area contributed by atoms with Crippen LogP contribution in [0.15, 0.2) is 48.5 Å². The third-order valence-electron chi connectivity index (χ3n) is 3.09. The zero-order chi connectivity index (χ0) is 15.1. The molecule has 2 aromatic rings. The molecule has 110 valence electrons. The molecule has 0 atom stereocenters. The molecule has 0 saturated carbocycles. The fourth-order valence-electron chi connectivity index (χ4n) is 1.88. The van der Waals surface area contributed by atoms with Crippen LogP contribution in [-0.4, -0.2) is 19.0 Å². The highest BCUT2D eigenvalue weighted by Crippen LogP contribution is 2.14. The van der Waals surface area contributed by atoms with Crippen LogP contribution < -0.4 is 9.47 Å². The molecule has 0 fully saturated rings. The predicted molar refractivity (Wildman–Crippen MR) is 83.2 cm³/mol. The van der Waals surface area contributed by atoms with Gasteiger partial charge in [0, 0.05) is 12.0 Å². The smallest absolute Gasteiger partial charge is 0.159 e. The van der Waals surface area contributed by atoms with Gasteiger partial charge in [0.15, 0.2) is 5.78 Å². The first-order valence-corrected chi connectivity index (χ1v) is 7.08. The summed E-state index contributed by atoms with van der Waals surface area (Å²) in [4.78, 5) is 11.3. The predicted octanol–water partition coefficient (Wildman–Crippen LogP) is 4.05. The number of Topliss-reactive ketones (excluding diaryl/α,β-unsaturated/α-hetero) is 1. The second kappa shape index (κ2) is 7.48. The molecule has 3 heteroatoms. The van der Waals surface area contributed by atoms with Gasteiger partial charge >= 0.3 is 0 Å². The largest absolute Gasteiger partial charge is 0.493 e. The fraction of sp³-hybridized carbons (Fsp3) is 0.278. The highest BCUT2D eigenvalue weighted by Gasteiger charge is 2.01. The van der Waals surface area contributed by atoms with Crippen molar-refractivity contribution in [2.24, 2.45) is 0 Å². The highest BCUT2D eigenvalue weighted by atomic mass is 16.5. The van der Waals surface area contributed by atoms with Gasteiger partial charge in [-0.25, -0.2) is 0 Å². The molecule has 0 aliphatic carbocycles. The van der Waals surface area contributed by atoms with E-state index in [-0.39, 0.29) is 5.78 Å². The van der Waals surface area contributed by atoms with Gasteiger partial charge in [0.2, 0.25) is 0 Å². The number of ether oxygens (including phenoxy) is 2. The first kappa shape index (κ1) is 15.1. The van der Waals surface area contributed by atoms with Gasteiger partial charge < -0.3 is 9.47 Å². The minimum Gasteiger partial charge on any atom is -0.493 e. The molecule has 0 heterocycles. The van der Waals surface area contributed by atoms with Crippen LogP contribution in [0.2, 0.25) is 0 Å². The lowest BCUT2D eigenvalue weighted by molar-refractivity contribution is 0.101. The first-order valence-electron chi connectivity index (χ1n) is 7.08. The van der Waals surface area contributed by atoms with E-state index < -0.39 is 0 Å². The maximum atomic E-state index is 11.3. The summed E-state index contributed by atoms with van der Waals surface area (Å²) in [5.74, 6) is 1.64. The summed E-state index contributed by atoms with van der Waals surface area (Å²) in [6.45, 7) is 4.77. The minimum atomic E-state index is 0.0446. The van der Waals surface area contributed by atoms with Crippen molar-refractivity contribution >= 4 is 5.78 Å². The second-order valence-electron chi connectivity index (χ2n) is 4.95. The van der Waals surface area contributed by atoms with Crippen molar-refractivity contribution in [3.8, 4) is 11.5 Å². The Kier molecular flexibility index (Phi) is 5.38. The molecule has 0 spiro atoms. The number of hydrogen-bond donors (Lipinski definition) is 0. The Labute approximate surface area is 125 Å². The standard InChI is InChI=1S/C18H20O3/c1-14-7-9-17(10-8-14)20-11-4-12-21-18-6-3-5-16(13-18)15(2)19/h3,5-10,13H,4,11-12H2,1-2H3.